The van der Waals surface area contributed by atoms with E-state index >= 15 is 0 Å². The molecule has 0 aliphatic carbocycles. The van der Waals surface area contributed by atoms with E-state index in [0.29, 0.717) is 17.4 Å². The third kappa shape index (κ3) is 2.50. The van der Waals surface area contributed by atoms with Gasteiger partial charge in [-0.25, -0.2) is 0 Å². The number of aromatic nitrogens is 3. The first-order valence-corrected chi connectivity index (χ1v) is 6.14. The van der Waals surface area contributed by atoms with E-state index in [1.807, 2.05) is 0 Å². The summed E-state index contributed by atoms with van der Waals surface area (Å²) in [6, 6.07) is 1.55. The Morgan fingerprint density at radius 3 is 2.74 bits per heavy atom. The Labute approximate surface area is 110 Å². The molecule has 19 heavy (non-hydrogen) atoms. The highest BCUT2D eigenvalue weighted by Crippen LogP contribution is 2.22. The highest BCUT2D eigenvalue weighted by molar-refractivity contribution is 5.55. The summed E-state index contributed by atoms with van der Waals surface area (Å²) in [6.07, 6.45) is 2.95. The van der Waals surface area contributed by atoms with E-state index in [9.17, 15) is 5.11 Å². The van der Waals surface area contributed by atoms with E-state index in [1.165, 1.54) is 6.20 Å². The van der Waals surface area contributed by atoms with Crippen LogP contribution in [0.4, 0.5) is 5.95 Å². The summed E-state index contributed by atoms with van der Waals surface area (Å²) in [7, 11) is 2.09. The van der Waals surface area contributed by atoms with Crippen molar-refractivity contribution in [3.8, 4) is 17.2 Å². The largest absolute Gasteiger partial charge is 0.506 e. The molecule has 100 valence electrons. The van der Waals surface area contributed by atoms with Crippen molar-refractivity contribution in [1.82, 2.24) is 20.0 Å². The van der Waals surface area contributed by atoms with Gasteiger partial charge in [0.15, 0.2) is 0 Å². The minimum atomic E-state index is 0.0804. The number of hydrogen-bond donors (Lipinski definition) is 1. The molecule has 0 saturated carbocycles. The molecule has 0 spiro atoms. The van der Waals surface area contributed by atoms with Crippen LogP contribution in [0.15, 0.2) is 23.0 Å². The second kappa shape index (κ2) is 4.85. The van der Waals surface area contributed by atoms with Crippen molar-refractivity contribution in [2.45, 2.75) is 0 Å². The molecular weight excluding hydrogens is 246 g/mol. The topological polar surface area (TPSA) is 78.5 Å². The second-order valence-electron chi connectivity index (χ2n) is 4.62. The fraction of sp³-hybridized carbons (Fsp3) is 0.417. The maximum Gasteiger partial charge on any atom is 0.266 e. The number of anilines is 1. The molecule has 0 atom stereocenters. The standard InChI is InChI=1S/C12H15N5O2/c1-16-2-4-17(5-3-16)12-14-11(19-15-12)9-6-10(18)8-13-7-9/h6-8,18H,2-5H2,1H3. The third-order valence-electron chi connectivity index (χ3n) is 3.17. The van der Waals surface area contributed by atoms with Gasteiger partial charge in [0.05, 0.1) is 11.8 Å². The van der Waals surface area contributed by atoms with E-state index < -0.39 is 0 Å². The van der Waals surface area contributed by atoms with Crippen LogP contribution in [0.5, 0.6) is 5.75 Å². The van der Waals surface area contributed by atoms with Crippen LogP contribution in [0.25, 0.3) is 11.5 Å². The van der Waals surface area contributed by atoms with Crippen LogP contribution < -0.4 is 4.90 Å². The third-order valence-corrected chi connectivity index (χ3v) is 3.17. The molecule has 7 nitrogen and oxygen atoms in total. The van der Waals surface area contributed by atoms with E-state index in [4.69, 9.17) is 4.52 Å². The summed E-state index contributed by atoms with van der Waals surface area (Å²) in [6.45, 7) is 3.73. The molecule has 1 aliphatic heterocycles. The molecule has 0 unspecified atom stereocenters. The van der Waals surface area contributed by atoms with Gasteiger partial charge in [0, 0.05) is 32.4 Å². The van der Waals surface area contributed by atoms with Gasteiger partial charge < -0.3 is 19.4 Å². The average molecular weight is 261 g/mol. The van der Waals surface area contributed by atoms with Gasteiger partial charge in [-0.2, -0.15) is 4.98 Å². The Hall–Kier alpha value is -2.15. The molecule has 3 rings (SSSR count). The Morgan fingerprint density at radius 2 is 2.00 bits per heavy atom. The van der Waals surface area contributed by atoms with Crippen LogP contribution in [0.3, 0.4) is 0 Å². The number of nitrogens with zero attached hydrogens (tertiary/aromatic N) is 5. The molecule has 1 aliphatic rings. The first kappa shape index (κ1) is 11.9. The second-order valence-corrected chi connectivity index (χ2v) is 4.62. The molecule has 2 aromatic heterocycles. The normalized spacial score (nSPS) is 16.8. The number of hydrogen-bond acceptors (Lipinski definition) is 7. The molecule has 0 radical (unpaired) electrons. The first-order chi connectivity index (χ1) is 9.22. The molecule has 3 heterocycles. The lowest BCUT2D eigenvalue weighted by atomic mass is 10.3. The summed E-state index contributed by atoms with van der Waals surface area (Å²) in [5.74, 6) is 1.04. The first-order valence-electron chi connectivity index (χ1n) is 6.14. The summed E-state index contributed by atoms with van der Waals surface area (Å²) >= 11 is 0. The smallest absolute Gasteiger partial charge is 0.266 e. The van der Waals surface area contributed by atoms with E-state index in [0.717, 1.165) is 26.2 Å². The number of pyridine rings is 1. The van der Waals surface area contributed by atoms with Crippen molar-refractivity contribution < 1.29 is 9.63 Å². The lowest BCUT2D eigenvalue weighted by molar-refractivity contribution is 0.309. The highest BCUT2D eigenvalue weighted by atomic mass is 16.5. The highest BCUT2D eigenvalue weighted by Gasteiger charge is 2.19. The number of rotatable bonds is 2. The van der Waals surface area contributed by atoms with Gasteiger partial charge in [-0.3, -0.25) is 4.98 Å². The fourth-order valence-electron chi connectivity index (χ4n) is 2.01. The Morgan fingerprint density at radius 1 is 1.21 bits per heavy atom. The van der Waals surface area contributed by atoms with Crippen molar-refractivity contribution in [2.24, 2.45) is 0 Å². The molecule has 1 N–H and O–H groups in total. The van der Waals surface area contributed by atoms with Crippen molar-refractivity contribution in [3.63, 3.8) is 0 Å². The summed E-state index contributed by atoms with van der Waals surface area (Å²) < 4.78 is 5.22. The van der Waals surface area contributed by atoms with Crippen LogP contribution >= 0.6 is 0 Å². The molecule has 1 fully saturated rings. The van der Waals surface area contributed by atoms with Crippen LogP contribution in [-0.2, 0) is 0 Å². The van der Waals surface area contributed by atoms with Gasteiger partial charge in [0.2, 0.25) is 0 Å². The predicted molar refractivity (Wildman–Crippen MR) is 68.9 cm³/mol. The van der Waals surface area contributed by atoms with Gasteiger partial charge >= 0.3 is 0 Å². The van der Waals surface area contributed by atoms with Crippen LogP contribution in [0.1, 0.15) is 0 Å². The van der Waals surface area contributed by atoms with Crippen LogP contribution in [-0.4, -0.2) is 58.4 Å². The number of aromatic hydroxyl groups is 1. The maximum absolute atomic E-state index is 9.39. The van der Waals surface area contributed by atoms with Gasteiger partial charge in [-0.1, -0.05) is 0 Å². The minimum absolute atomic E-state index is 0.0804. The van der Waals surface area contributed by atoms with Crippen LogP contribution in [0, 0.1) is 0 Å². The van der Waals surface area contributed by atoms with Crippen LogP contribution in [0.2, 0.25) is 0 Å². The summed E-state index contributed by atoms with van der Waals surface area (Å²) in [5.41, 5.74) is 0.618. The SMILES string of the molecule is CN1CCN(c2noc(-c3cncc(O)c3)n2)CC1. The zero-order valence-corrected chi connectivity index (χ0v) is 10.7. The Balaban J connectivity index is 1.80. The van der Waals surface area contributed by atoms with Gasteiger partial charge in [-0.05, 0) is 18.3 Å². The molecule has 1 saturated heterocycles. The molecule has 7 heteroatoms. The Bertz CT molecular complexity index is 563. The van der Waals surface area contributed by atoms with Gasteiger partial charge in [0.25, 0.3) is 11.8 Å². The monoisotopic (exact) mass is 261 g/mol. The van der Waals surface area contributed by atoms with Gasteiger partial charge in [-0.15, -0.1) is 0 Å². The molecule has 2 aromatic rings. The lowest BCUT2D eigenvalue weighted by Gasteiger charge is -2.31. The maximum atomic E-state index is 9.39. The zero-order chi connectivity index (χ0) is 13.2. The van der Waals surface area contributed by atoms with E-state index in [2.05, 4.69) is 32.0 Å². The van der Waals surface area contributed by atoms with E-state index in [1.54, 1.807) is 12.3 Å². The average Bonchev–Trinajstić information content (AvgIpc) is 2.89. The lowest BCUT2D eigenvalue weighted by Crippen LogP contribution is -2.44. The number of piperazine rings is 1. The summed E-state index contributed by atoms with van der Waals surface area (Å²) in [4.78, 5) is 12.6. The van der Waals surface area contributed by atoms with Gasteiger partial charge in [0.1, 0.15) is 5.75 Å². The van der Waals surface area contributed by atoms with Crippen molar-refractivity contribution in [3.05, 3.63) is 18.5 Å². The molecule has 0 aromatic carbocycles. The zero-order valence-electron chi connectivity index (χ0n) is 10.7. The number of likely N-dealkylation sites (N-methyl/N-ethyl adjacent to an activating group) is 1. The van der Waals surface area contributed by atoms with Crippen molar-refractivity contribution >= 4 is 5.95 Å². The molecule has 0 bridgehead atoms. The molecular formula is C12H15N5O2. The molecule has 0 amide bonds. The predicted octanol–water partition coefficient (Wildman–Crippen LogP) is 0.589. The summed E-state index contributed by atoms with van der Waals surface area (Å²) in [5, 5.41) is 13.4. The van der Waals surface area contributed by atoms with Crippen molar-refractivity contribution in [2.75, 3.05) is 38.1 Å². The minimum Gasteiger partial charge on any atom is -0.506 e. The van der Waals surface area contributed by atoms with E-state index in [-0.39, 0.29) is 5.75 Å². The quantitative estimate of drug-likeness (QED) is 0.847. The van der Waals surface area contributed by atoms with Crippen molar-refractivity contribution in [1.29, 1.82) is 0 Å². The Kier molecular flexibility index (Phi) is 3.04. The fourth-order valence-corrected chi connectivity index (χ4v) is 2.01.